The van der Waals surface area contributed by atoms with E-state index < -0.39 is 15.8 Å². The highest BCUT2D eigenvalue weighted by molar-refractivity contribution is 7.89. The number of halogens is 2. The zero-order valence-corrected chi connectivity index (χ0v) is 18.7. The maximum absolute atomic E-state index is 13.1. The molecule has 1 atom stereocenters. The van der Waals surface area contributed by atoms with E-state index in [1.807, 2.05) is 24.3 Å². The van der Waals surface area contributed by atoms with Crippen LogP contribution in [0.25, 0.3) is 0 Å². The molecule has 2 aliphatic rings. The molecule has 0 radical (unpaired) electrons. The van der Waals surface area contributed by atoms with E-state index in [0.717, 1.165) is 37.1 Å². The van der Waals surface area contributed by atoms with Gasteiger partial charge in [0.25, 0.3) is 0 Å². The lowest BCUT2D eigenvalue weighted by molar-refractivity contribution is -0.133. The topological polar surface area (TPSA) is 60.9 Å². The van der Waals surface area contributed by atoms with Crippen molar-refractivity contribution in [2.24, 2.45) is 0 Å². The van der Waals surface area contributed by atoms with E-state index in [1.54, 1.807) is 4.90 Å². The first-order chi connectivity index (χ1) is 14.9. The average molecular weight is 466 g/mol. The first kappa shape index (κ1) is 22.2. The van der Waals surface area contributed by atoms with Gasteiger partial charge in [0.1, 0.15) is 5.82 Å². The van der Waals surface area contributed by atoms with E-state index in [1.165, 1.54) is 16.4 Å². The quantitative estimate of drug-likeness (QED) is 0.680. The van der Waals surface area contributed by atoms with Gasteiger partial charge in [0.15, 0.2) is 0 Å². The van der Waals surface area contributed by atoms with Crippen molar-refractivity contribution >= 4 is 27.5 Å². The summed E-state index contributed by atoms with van der Waals surface area (Å²) in [6, 6.07) is 12.7. The Labute approximate surface area is 187 Å². The molecule has 0 saturated carbocycles. The molecule has 0 bridgehead atoms. The second-order valence-electron chi connectivity index (χ2n) is 7.89. The Balaban J connectivity index is 1.36. The maximum Gasteiger partial charge on any atom is 0.243 e. The van der Waals surface area contributed by atoms with Crippen molar-refractivity contribution in [3.8, 4) is 0 Å². The Bertz CT molecular complexity index is 1040. The standard InChI is InChI=1S/C22H25ClFN3O3S/c23-20-5-2-1-4-19(20)21-6-3-11-26(21)16-22(28)25-12-14-27(15-13-25)31(29,30)18-9-7-17(24)8-10-18/h1-2,4-5,7-10,21H,3,6,11-16H2. The fourth-order valence-corrected chi connectivity index (χ4v) is 6.00. The van der Waals surface area contributed by atoms with E-state index in [0.29, 0.717) is 24.7 Å². The molecule has 6 nitrogen and oxygen atoms in total. The van der Waals surface area contributed by atoms with E-state index in [2.05, 4.69) is 4.90 Å². The summed E-state index contributed by atoms with van der Waals surface area (Å²) in [6.07, 6.45) is 1.97. The minimum atomic E-state index is -3.70. The molecule has 166 valence electrons. The van der Waals surface area contributed by atoms with Crippen molar-refractivity contribution < 1.29 is 17.6 Å². The molecule has 2 saturated heterocycles. The van der Waals surface area contributed by atoms with Crippen LogP contribution in [0, 0.1) is 5.82 Å². The van der Waals surface area contributed by atoms with Crippen LogP contribution in [0.2, 0.25) is 5.02 Å². The van der Waals surface area contributed by atoms with E-state index in [4.69, 9.17) is 11.6 Å². The van der Waals surface area contributed by atoms with Gasteiger partial charge < -0.3 is 4.90 Å². The number of hydrogen-bond acceptors (Lipinski definition) is 4. The van der Waals surface area contributed by atoms with Gasteiger partial charge in [0.05, 0.1) is 11.4 Å². The molecule has 31 heavy (non-hydrogen) atoms. The van der Waals surface area contributed by atoms with Gasteiger partial charge in [-0.1, -0.05) is 29.8 Å². The monoisotopic (exact) mass is 465 g/mol. The van der Waals surface area contributed by atoms with Crippen LogP contribution in [0.3, 0.4) is 0 Å². The van der Waals surface area contributed by atoms with Crippen LogP contribution in [-0.4, -0.2) is 67.7 Å². The molecule has 4 rings (SSSR count). The lowest BCUT2D eigenvalue weighted by atomic mass is 10.0. The zero-order chi connectivity index (χ0) is 22.0. The summed E-state index contributed by atoms with van der Waals surface area (Å²) in [4.78, 5) is 16.9. The summed E-state index contributed by atoms with van der Waals surface area (Å²) in [5, 5.41) is 0.714. The number of benzene rings is 2. The number of carbonyl (C=O) groups excluding carboxylic acids is 1. The van der Waals surface area contributed by atoms with Crippen molar-refractivity contribution in [1.29, 1.82) is 0 Å². The Hall–Kier alpha value is -2.00. The second-order valence-corrected chi connectivity index (χ2v) is 10.2. The first-order valence-electron chi connectivity index (χ1n) is 10.4. The molecule has 9 heteroatoms. The van der Waals surface area contributed by atoms with Crippen molar-refractivity contribution in [3.63, 3.8) is 0 Å². The van der Waals surface area contributed by atoms with Crippen molar-refractivity contribution in [2.45, 2.75) is 23.8 Å². The molecule has 2 aromatic carbocycles. The highest BCUT2D eigenvalue weighted by Crippen LogP contribution is 2.35. The number of amides is 1. The van der Waals surface area contributed by atoms with Gasteiger partial charge in [-0.15, -0.1) is 0 Å². The molecule has 2 heterocycles. The number of hydrogen-bond donors (Lipinski definition) is 0. The van der Waals surface area contributed by atoms with Gasteiger partial charge >= 0.3 is 0 Å². The minimum Gasteiger partial charge on any atom is -0.339 e. The highest BCUT2D eigenvalue weighted by Gasteiger charge is 2.33. The molecule has 2 fully saturated rings. The molecule has 2 aliphatic heterocycles. The molecule has 0 N–H and O–H groups in total. The number of sulfonamides is 1. The zero-order valence-electron chi connectivity index (χ0n) is 17.1. The Morgan fingerprint density at radius 1 is 1.00 bits per heavy atom. The van der Waals surface area contributed by atoms with Gasteiger partial charge in [0.2, 0.25) is 15.9 Å². The van der Waals surface area contributed by atoms with Crippen molar-refractivity contribution in [2.75, 3.05) is 39.3 Å². The summed E-state index contributed by atoms with van der Waals surface area (Å²) >= 11 is 6.37. The third-order valence-corrected chi connectivity index (χ3v) is 8.27. The Morgan fingerprint density at radius 3 is 2.35 bits per heavy atom. The van der Waals surface area contributed by atoms with Gasteiger partial charge in [-0.05, 0) is 55.3 Å². The fourth-order valence-electron chi connectivity index (χ4n) is 4.32. The molecule has 1 amide bonds. The Kier molecular flexibility index (Phi) is 6.62. The number of nitrogens with zero attached hydrogens (tertiary/aromatic N) is 3. The summed E-state index contributed by atoms with van der Waals surface area (Å²) in [5.74, 6) is -0.482. The van der Waals surface area contributed by atoms with Crippen LogP contribution < -0.4 is 0 Å². The molecule has 0 aliphatic carbocycles. The van der Waals surface area contributed by atoms with Crippen LogP contribution in [0.15, 0.2) is 53.4 Å². The van der Waals surface area contributed by atoms with Gasteiger partial charge in [-0.3, -0.25) is 9.69 Å². The third kappa shape index (κ3) is 4.77. The lowest BCUT2D eigenvalue weighted by Crippen LogP contribution is -2.52. The van der Waals surface area contributed by atoms with E-state index >= 15 is 0 Å². The summed E-state index contributed by atoms with van der Waals surface area (Å²) in [6.45, 7) is 2.24. The largest absolute Gasteiger partial charge is 0.339 e. The number of likely N-dealkylation sites (tertiary alicyclic amines) is 1. The fraction of sp³-hybridized carbons (Fsp3) is 0.409. The van der Waals surface area contributed by atoms with Crippen LogP contribution in [0.1, 0.15) is 24.4 Å². The molecular weight excluding hydrogens is 441 g/mol. The number of carbonyl (C=O) groups is 1. The summed E-state index contributed by atoms with van der Waals surface area (Å²) in [5.41, 5.74) is 1.05. The highest BCUT2D eigenvalue weighted by atomic mass is 35.5. The summed E-state index contributed by atoms with van der Waals surface area (Å²) in [7, 11) is -3.70. The molecule has 2 aromatic rings. The minimum absolute atomic E-state index is 0.00205. The molecule has 0 spiro atoms. The predicted octanol–water partition coefficient (Wildman–Crippen LogP) is 3.15. The van der Waals surface area contributed by atoms with Gasteiger partial charge in [0, 0.05) is 37.2 Å². The Morgan fingerprint density at radius 2 is 1.68 bits per heavy atom. The molecule has 1 unspecified atom stereocenters. The van der Waals surface area contributed by atoms with Crippen LogP contribution >= 0.6 is 11.6 Å². The first-order valence-corrected chi connectivity index (χ1v) is 12.2. The molecule has 0 aromatic heterocycles. The second kappa shape index (κ2) is 9.24. The average Bonchev–Trinajstić information content (AvgIpc) is 3.22. The van der Waals surface area contributed by atoms with Gasteiger partial charge in [-0.2, -0.15) is 4.31 Å². The smallest absolute Gasteiger partial charge is 0.243 e. The SMILES string of the molecule is O=C(CN1CCCC1c1ccccc1Cl)N1CCN(S(=O)(=O)c2ccc(F)cc2)CC1. The van der Waals surface area contributed by atoms with Crippen LogP contribution in [0.5, 0.6) is 0 Å². The number of rotatable bonds is 5. The third-order valence-electron chi connectivity index (χ3n) is 6.01. The van der Waals surface area contributed by atoms with E-state index in [-0.39, 0.29) is 29.9 Å². The van der Waals surface area contributed by atoms with Gasteiger partial charge in [-0.25, -0.2) is 12.8 Å². The van der Waals surface area contributed by atoms with Crippen molar-refractivity contribution in [1.82, 2.24) is 14.1 Å². The van der Waals surface area contributed by atoms with E-state index in [9.17, 15) is 17.6 Å². The predicted molar refractivity (Wildman–Crippen MR) is 117 cm³/mol. The normalized spacial score (nSPS) is 20.8. The van der Waals surface area contributed by atoms with Crippen molar-refractivity contribution in [3.05, 3.63) is 64.9 Å². The maximum atomic E-state index is 13.1. The van der Waals surface area contributed by atoms with Crippen LogP contribution in [0.4, 0.5) is 4.39 Å². The lowest BCUT2D eigenvalue weighted by Gasteiger charge is -2.35. The summed E-state index contributed by atoms with van der Waals surface area (Å²) < 4.78 is 40.0. The molecular formula is C22H25ClFN3O3S. The van der Waals surface area contributed by atoms with Crippen LogP contribution in [-0.2, 0) is 14.8 Å². The number of piperazine rings is 1.